The van der Waals surface area contributed by atoms with Crippen molar-refractivity contribution in [3.63, 3.8) is 0 Å². The van der Waals surface area contributed by atoms with Gasteiger partial charge in [-0.3, -0.25) is 9.97 Å². The maximum Gasteiger partial charge on any atom is 0.160 e. The molecule has 0 atom stereocenters. The van der Waals surface area contributed by atoms with Crippen LogP contribution in [0.5, 0.6) is 0 Å². The van der Waals surface area contributed by atoms with E-state index < -0.39 is 0 Å². The highest BCUT2D eigenvalue weighted by Gasteiger charge is 2.14. The Balaban J connectivity index is 0.976. The largest absolute Gasteiger partial charge is 0.265 e. The number of nitrogens with zero attached hydrogens (tertiary/aromatic N) is 6. The maximum atomic E-state index is 5.02. The summed E-state index contributed by atoms with van der Waals surface area (Å²) in [5.74, 6) is 1.36. The minimum absolute atomic E-state index is 0.668. The molecule has 0 saturated heterocycles. The van der Waals surface area contributed by atoms with Gasteiger partial charge in [0.15, 0.2) is 11.6 Å². The van der Waals surface area contributed by atoms with E-state index in [0.29, 0.717) is 11.6 Å². The quantitative estimate of drug-likeness (QED) is 0.154. The molecule has 0 amide bonds. The molecule has 0 fully saturated rings. The van der Waals surface area contributed by atoms with Crippen LogP contribution in [-0.2, 0) is 0 Å². The van der Waals surface area contributed by atoms with Gasteiger partial charge in [-0.15, -0.1) is 0 Å². The molecule has 0 aliphatic rings. The van der Waals surface area contributed by atoms with Crippen LogP contribution in [0.4, 0.5) is 0 Å². The van der Waals surface area contributed by atoms with Crippen molar-refractivity contribution >= 4 is 10.8 Å². The molecule has 0 saturated carbocycles. The minimum atomic E-state index is 0.668. The molecule has 0 unspecified atom stereocenters. The third-order valence-corrected chi connectivity index (χ3v) is 10.4. The molecule has 6 heteroatoms. The predicted molar refractivity (Wildman–Crippen MR) is 234 cm³/mol. The molecule has 10 rings (SSSR count). The van der Waals surface area contributed by atoms with Crippen LogP contribution in [0.25, 0.3) is 101 Å². The summed E-state index contributed by atoms with van der Waals surface area (Å²) in [5, 5.41) is 2.38. The van der Waals surface area contributed by atoms with Crippen LogP contribution in [0.2, 0.25) is 0 Å². The fourth-order valence-corrected chi connectivity index (χ4v) is 7.32. The third-order valence-electron chi connectivity index (χ3n) is 10.4. The monoisotopic (exact) mass is 742 g/mol. The van der Waals surface area contributed by atoms with E-state index in [1.54, 1.807) is 24.8 Å². The molecule has 6 nitrogen and oxygen atoms in total. The molecule has 0 bridgehead atoms. The number of rotatable bonds is 8. The van der Waals surface area contributed by atoms with Crippen molar-refractivity contribution in [1.82, 2.24) is 29.9 Å². The Kier molecular flexibility index (Phi) is 9.10. The average molecular weight is 743 g/mol. The number of fused-ring (bicyclic) bond motifs is 1. The van der Waals surface area contributed by atoms with Gasteiger partial charge in [0, 0.05) is 58.2 Å². The summed E-state index contributed by atoms with van der Waals surface area (Å²) in [6, 6.07) is 62.8. The van der Waals surface area contributed by atoms with Crippen LogP contribution in [0, 0.1) is 0 Å². The van der Waals surface area contributed by atoms with Gasteiger partial charge in [0.1, 0.15) is 0 Å². The van der Waals surface area contributed by atoms with Gasteiger partial charge in [0.2, 0.25) is 0 Å². The van der Waals surface area contributed by atoms with Crippen molar-refractivity contribution in [3.8, 4) is 90.1 Å². The van der Waals surface area contributed by atoms with E-state index >= 15 is 0 Å². The van der Waals surface area contributed by atoms with Gasteiger partial charge in [0.25, 0.3) is 0 Å². The lowest BCUT2D eigenvalue weighted by atomic mass is 9.93. The van der Waals surface area contributed by atoms with E-state index in [9.17, 15) is 0 Å². The van der Waals surface area contributed by atoms with E-state index in [0.717, 1.165) is 72.8 Å². The Morgan fingerprint density at radius 1 is 0.259 bits per heavy atom. The first kappa shape index (κ1) is 34.5. The Morgan fingerprint density at radius 2 is 0.672 bits per heavy atom. The molecule has 272 valence electrons. The molecular formula is C52H34N6. The predicted octanol–water partition coefficient (Wildman–Crippen LogP) is 12.5. The van der Waals surface area contributed by atoms with Crippen LogP contribution >= 0.6 is 0 Å². The van der Waals surface area contributed by atoms with Gasteiger partial charge in [-0.25, -0.2) is 19.9 Å². The second-order valence-corrected chi connectivity index (χ2v) is 14.0. The highest BCUT2D eigenvalue weighted by molar-refractivity contribution is 5.99. The topological polar surface area (TPSA) is 77.3 Å². The first-order valence-electron chi connectivity index (χ1n) is 19.2. The van der Waals surface area contributed by atoms with Crippen LogP contribution in [-0.4, -0.2) is 29.9 Å². The van der Waals surface area contributed by atoms with Gasteiger partial charge in [0.05, 0.1) is 22.8 Å². The van der Waals surface area contributed by atoms with Gasteiger partial charge in [-0.1, -0.05) is 140 Å². The summed E-state index contributed by atoms with van der Waals surface area (Å²) in [7, 11) is 0. The summed E-state index contributed by atoms with van der Waals surface area (Å²) in [5.41, 5.74) is 14.0. The Bertz CT molecular complexity index is 2890. The fourth-order valence-electron chi connectivity index (χ4n) is 7.32. The van der Waals surface area contributed by atoms with Gasteiger partial charge in [-0.05, 0) is 75.5 Å². The zero-order valence-electron chi connectivity index (χ0n) is 31.3. The molecule has 10 aromatic rings. The average Bonchev–Trinajstić information content (AvgIpc) is 3.32. The number of pyridine rings is 2. The summed E-state index contributed by atoms with van der Waals surface area (Å²) in [4.78, 5) is 28.3. The van der Waals surface area contributed by atoms with E-state index in [1.807, 2.05) is 72.8 Å². The second-order valence-electron chi connectivity index (χ2n) is 14.0. The van der Waals surface area contributed by atoms with Crippen molar-refractivity contribution in [2.75, 3.05) is 0 Å². The highest BCUT2D eigenvalue weighted by atomic mass is 14.9. The van der Waals surface area contributed by atoms with E-state index in [1.165, 1.54) is 16.3 Å². The molecule has 4 aromatic heterocycles. The number of hydrogen-bond acceptors (Lipinski definition) is 6. The lowest BCUT2D eigenvalue weighted by molar-refractivity contribution is 1.18. The minimum Gasteiger partial charge on any atom is -0.265 e. The van der Waals surface area contributed by atoms with Crippen LogP contribution in [0.15, 0.2) is 207 Å². The molecule has 0 aliphatic carbocycles. The number of hydrogen-bond donors (Lipinski definition) is 0. The lowest BCUT2D eigenvalue weighted by Crippen LogP contribution is -1.96. The Labute approximate surface area is 336 Å². The highest BCUT2D eigenvalue weighted by Crippen LogP contribution is 2.35. The summed E-state index contributed by atoms with van der Waals surface area (Å²) in [6.07, 6.45) is 7.13. The normalized spacial score (nSPS) is 11.1. The smallest absolute Gasteiger partial charge is 0.160 e. The van der Waals surface area contributed by atoms with Crippen LogP contribution in [0.3, 0.4) is 0 Å². The lowest BCUT2D eigenvalue weighted by Gasteiger charge is -2.12. The van der Waals surface area contributed by atoms with Crippen LogP contribution < -0.4 is 0 Å². The first-order valence-corrected chi connectivity index (χ1v) is 19.2. The zero-order chi connectivity index (χ0) is 38.7. The first-order chi connectivity index (χ1) is 28.7. The van der Waals surface area contributed by atoms with Crippen molar-refractivity contribution in [1.29, 1.82) is 0 Å². The maximum absolute atomic E-state index is 5.02. The molecule has 58 heavy (non-hydrogen) atoms. The van der Waals surface area contributed by atoms with Crippen molar-refractivity contribution < 1.29 is 0 Å². The van der Waals surface area contributed by atoms with Crippen LogP contribution in [0.1, 0.15) is 0 Å². The zero-order valence-corrected chi connectivity index (χ0v) is 31.3. The fraction of sp³-hybridized carbons (Fsp3) is 0. The van der Waals surface area contributed by atoms with Crippen molar-refractivity contribution in [2.45, 2.75) is 0 Å². The molecule has 0 aliphatic heterocycles. The Hall–Kier alpha value is -7.96. The second kappa shape index (κ2) is 15.3. The third kappa shape index (κ3) is 7.02. The Morgan fingerprint density at radius 3 is 1.22 bits per heavy atom. The molecule has 0 spiro atoms. The molecule has 0 radical (unpaired) electrons. The van der Waals surface area contributed by atoms with E-state index in [-0.39, 0.29) is 0 Å². The molecule has 4 heterocycles. The SMILES string of the molecule is c1ccc(-c2cc(-c3ccc(-c4ccc5cccc(-c6ccc(-c7cc(-c8ccncc8)nc(-c8ccccc8)n7)cc6)c5c4)cc3)nc(-c3ccncc3)n2)cc1. The van der Waals surface area contributed by atoms with Gasteiger partial charge >= 0.3 is 0 Å². The molecular weight excluding hydrogens is 709 g/mol. The number of benzene rings is 6. The van der Waals surface area contributed by atoms with Gasteiger partial charge in [-0.2, -0.15) is 0 Å². The molecule has 6 aromatic carbocycles. The van der Waals surface area contributed by atoms with Gasteiger partial charge < -0.3 is 0 Å². The van der Waals surface area contributed by atoms with Crippen molar-refractivity contribution in [3.05, 3.63) is 207 Å². The standard InChI is InChI=1S/C52H34N6/c1-3-8-38(9-4-1)47-33-48(57-52(55-47)43-26-30-54-31-27-43)39-19-14-35(15-20-39)44-23-18-36-12-7-13-45(46(36)32-44)37-16-21-40(22-17-37)49-34-50(41-24-28-53-29-25-41)58-51(56-49)42-10-5-2-6-11-42/h1-34H. The summed E-state index contributed by atoms with van der Waals surface area (Å²) >= 11 is 0. The number of aromatic nitrogens is 6. The molecule has 0 N–H and O–H groups in total. The summed E-state index contributed by atoms with van der Waals surface area (Å²) < 4.78 is 0. The van der Waals surface area contributed by atoms with E-state index in [4.69, 9.17) is 19.9 Å². The summed E-state index contributed by atoms with van der Waals surface area (Å²) in [6.45, 7) is 0. The van der Waals surface area contributed by atoms with Crippen molar-refractivity contribution in [2.24, 2.45) is 0 Å². The van der Waals surface area contributed by atoms with E-state index in [2.05, 4.69) is 119 Å².